The number of halogens is 1. The van der Waals surface area contributed by atoms with Crippen molar-refractivity contribution in [2.45, 2.75) is 0 Å². The minimum absolute atomic E-state index is 0.455. The lowest BCUT2D eigenvalue weighted by Gasteiger charge is -2.12. The second-order valence-corrected chi connectivity index (χ2v) is 29.2. The molecule has 0 bridgehead atoms. The first kappa shape index (κ1) is 70.2. The summed E-state index contributed by atoms with van der Waals surface area (Å²) in [7, 11) is -1.53. The smallest absolute Gasteiger partial charge is 0.423 e. The highest BCUT2D eigenvalue weighted by Gasteiger charge is 2.23. The van der Waals surface area contributed by atoms with Crippen LogP contribution >= 0.6 is 15.9 Å². The van der Waals surface area contributed by atoms with Gasteiger partial charge in [0.05, 0.1) is 55.2 Å². The molecule has 0 amide bonds. The van der Waals surface area contributed by atoms with E-state index < -0.39 is 7.12 Å². The number of nitrogens with zero attached hydrogens (tertiary/aromatic N) is 12. The number of hydrogen-bond acceptors (Lipinski definition) is 10. The zero-order valence-electron chi connectivity index (χ0n) is 62.2. The van der Waals surface area contributed by atoms with Crippen LogP contribution in [0.15, 0.2) is 393 Å². The second-order valence-electron chi connectivity index (χ2n) is 28.2. The average Bonchev–Trinajstić information content (AvgIpc) is 1.61. The maximum Gasteiger partial charge on any atom is 0.488 e. The summed E-state index contributed by atoms with van der Waals surface area (Å²) in [6.07, 6.45) is 3.73. The van der Waals surface area contributed by atoms with Crippen molar-refractivity contribution < 1.29 is 10.0 Å². The van der Waals surface area contributed by atoms with Crippen LogP contribution in [0.25, 0.3) is 190 Å². The Labute approximate surface area is 674 Å². The Morgan fingerprint density at radius 3 is 0.940 bits per heavy atom. The van der Waals surface area contributed by atoms with Gasteiger partial charge in [-0.2, -0.15) is 0 Å². The summed E-state index contributed by atoms with van der Waals surface area (Å²) < 4.78 is 10.1. The van der Waals surface area contributed by atoms with Crippen molar-refractivity contribution in [1.82, 2.24) is 58.1 Å². The molecule has 0 aliphatic carbocycles. The number of pyridine rings is 2. The molecule has 14 nitrogen and oxygen atoms in total. The van der Waals surface area contributed by atoms with Crippen LogP contribution in [0.2, 0.25) is 0 Å². The zero-order valence-corrected chi connectivity index (χ0v) is 63.8. The van der Waals surface area contributed by atoms with E-state index >= 15 is 0 Å². The summed E-state index contributed by atoms with van der Waals surface area (Å²) in [6, 6.07) is 128. The Bertz CT molecular complexity index is 7340. The molecule has 0 spiro atoms. The second kappa shape index (κ2) is 30.3. The van der Waals surface area contributed by atoms with Crippen LogP contribution in [0.5, 0.6) is 0 Å². The largest absolute Gasteiger partial charge is 0.488 e. The monoisotopic (exact) mass is 1560 g/mol. The standard InChI is InChI=1S/C50H32N6.C33H23BN4O2.C17H11BrN2/c1-4-14-33(15-5-1)48-52-49(34-16-6-2-7-17-34)54-50(53-48)37-18-12-21-39(30-37)56-43-23-11-10-22-40(43)41-31-35(25-27-44(41)56)36-26-28-45-42(32-36)47-46(24-13-29-51-47)55(45)38-19-8-3-9-20-38;39-34(40)25-18-19-30-28(21-25)27-16-7-8-17-29(27)38(30)26-15-9-14-24(20-26)33-36-31(22-10-3-1-4-11-22)35-32(37-33)23-12-5-2-6-13-23;18-12-8-9-15-14(11-12)17-16(7-4-10-19-17)20(15)13-5-2-1-3-6-13/h1-32H;1-21,39-40H;1-11H. The van der Waals surface area contributed by atoms with Gasteiger partial charge in [0.2, 0.25) is 0 Å². The van der Waals surface area contributed by atoms with Gasteiger partial charge in [-0.05, 0) is 150 Å². The van der Waals surface area contributed by atoms with Gasteiger partial charge in [-0.25, -0.2) is 29.9 Å². The molecule has 0 atom stereocenters. The molecule has 0 fully saturated rings. The first-order valence-electron chi connectivity index (χ1n) is 38.2. The summed E-state index contributed by atoms with van der Waals surface area (Å²) in [5.74, 6) is 3.72. The predicted octanol–water partition coefficient (Wildman–Crippen LogP) is 22.7. The summed E-state index contributed by atoms with van der Waals surface area (Å²) in [5.41, 5.74) is 23.3. The molecular weight excluding hydrogens is 1490 g/mol. The molecule has 14 aromatic carbocycles. The first-order chi connectivity index (χ1) is 57.3. The lowest BCUT2D eigenvalue weighted by Crippen LogP contribution is -2.29. The Morgan fingerprint density at radius 1 is 0.216 bits per heavy atom. The lowest BCUT2D eigenvalue weighted by molar-refractivity contribution is 0.426. The molecule has 0 saturated carbocycles. The van der Waals surface area contributed by atoms with E-state index in [0.717, 1.165) is 138 Å². The number of aromatic nitrogens is 12. The number of benzene rings is 14. The van der Waals surface area contributed by atoms with Gasteiger partial charge in [0, 0.05) is 105 Å². The van der Waals surface area contributed by atoms with E-state index in [1.165, 1.54) is 21.7 Å². The van der Waals surface area contributed by atoms with Crippen molar-refractivity contribution in [3.8, 4) is 102 Å². The van der Waals surface area contributed by atoms with E-state index in [2.05, 4.69) is 233 Å². The zero-order chi connectivity index (χ0) is 77.6. The fourth-order valence-electron chi connectivity index (χ4n) is 15.8. The molecule has 548 valence electrons. The molecule has 0 aliphatic rings. The number of hydrogen-bond donors (Lipinski definition) is 2. The maximum absolute atomic E-state index is 9.78. The van der Waals surface area contributed by atoms with Crippen LogP contribution in [0.3, 0.4) is 0 Å². The third-order valence-corrected chi connectivity index (χ3v) is 21.6. The van der Waals surface area contributed by atoms with Gasteiger partial charge in [-0.1, -0.05) is 259 Å². The predicted molar refractivity (Wildman–Crippen MR) is 475 cm³/mol. The normalized spacial score (nSPS) is 11.4. The molecule has 16 heteroatoms. The third kappa shape index (κ3) is 13.2. The maximum atomic E-state index is 9.78. The van der Waals surface area contributed by atoms with E-state index in [0.29, 0.717) is 40.4 Å². The van der Waals surface area contributed by atoms with Crippen molar-refractivity contribution >= 4 is 116 Å². The first-order valence-corrected chi connectivity index (χ1v) is 39.0. The van der Waals surface area contributed by atoms with Crippen molar-refractivity contribution in [3.63, 3.8) is 0 Å². The summed E-state index contributed by atoms with van der Waals surface area (Å²) >= 11 is 3.55. The van der Waals surface area contributed by atoms with Gasteiger partial charge < -0.3 is 28.3 Å². The van der Waals surface area contributed by atoms with Gasteiger partial charge in [0.1, 0.15) is 0 Å². The van der Waals surface area contributed by atoms with Gasteiger partial charge in [0.25, 0.3) is 0 Å². The molecule has 0 aliphatic heterocycles. The molecule has 22 aromatic rings. The third-order valence-electron chi connectivity index (χ3n) is 21.2. The SMILES string of the molecule is Brc1ccc2c(c1)c1ncccc1n2-c1ccccc1.OB(O)c1ccc2c(c1)c1ccccc1n2-c1cccc(-c2nc(-c3ccccc3)nc(-c3ccccc3)n2)c1.c1ccc(-c2nc(-c3ccccc3)nc(-c3cccc(-n4c5ccccc5c5cc(-c6ccc7c(c6)c6ncccc6n7-c6ccccc6)ccc54)c3)n2)cc1. The van der Waals surface area contributed by atoms with Crippen LogP contribution in [-0.2, 0) is 0 Å². The Hall–Kier alpha value is -14.9. The fraction of sp³-hybridized carbons (Fsp3) is 0. The highest BCUT2D eigenvalue weighted by molar-refractivity contribution is 9.10. The van der Waals surface area contributed by atoms with Crippen molar-refractivity contribution in [2.75, 3.05) is 0 Å². The molecule has 0 radical (unpaired) electrons. The van der Waals surface area contributed by atoms with Crippen molar-refractivity contribution in [2.24, 2.45) is 0 Å². The van der Waals surface area contributed by atoms with Gasteiger partial charge in [-0.15, -0.1) is 0 Å². The summed E-state index contributed by atoms with van der Waals surface area (Å²) in [4.78, 5) is 38.9. The molecule has 116 heavy (non-hydrogen) atoms. The fourth-order valence-corrected chi connectivity index (χ4v) is 16.2. The van der Waals surface area contributed by atoms with Gasteiger partial charge in [-0.3, -0.25) is 9.97 Å². The topological polar surface area (TPSA) is 163 Å². The van der Waals surface area contributed by atoms with E-state index in [9.17, 15) is 10.0 Å². The van der Waals surface area contributed by atoms with E-state index in [1.54, 1.807) is 6.07 Å². The molecule has 8 aromatic heterocycles. The summed E-state index contributed by atoms with van der Waals surface area (Å²) in [6.45, 7) is 0. The van der Waals surface area contributed by atoms with Crippen LogP contribution < -0.4 is 5.46 Å². The minimum atomic E-state index is -1.53. The highest BCUT2D eigenvalue weighted by Crippen LogP contribution is 2.41. The van der Waals surface area contributed by atoms with Crippen molar-refractivity contribution in [1.29, 1.82) is 0 Å². The molecule has 0 unspecified atom stereocenters. The highest BCUT2D eigenvalue weighted by atomic mass is 79.9. The molecular formula is C100H66BBrN12O2. The molecule has 22 rings (SSSR count). The van der Waals surface area contributed by atoms with Crippen LogP contribution in [0.1, 0.15) is 0 Å². The Morgan fingerprint density at radius 2 is 0.517 bits per heavy atom. The minimum Gasteiger partial charge on any atom is -0.423 e. The summed E-state index contributed by atoms with van der Waals surface area (Å²) in [5, 5.41) is 26.2. The number of rotatable bonds is 12. The van der Waals surface area contributed by atoms with Crippen LogP contribution in [0, 0.1) is 0 Å². The van der Waals surface area contributed by atoms with E-state index in [1.807, 2.05) is 188 Å². The molecule has 2 N–H and O–H groups in total. The van der Waals surface area contributed by atoms with Crippen LogP contribution in [0.4, 0.5) is 0 Å². The quantitative estimate of drug-likeness (QED) is 0.113. The average molecular weight is 1560 g/mol. The molecule has 0 saturated heterocycles. The van der Waals surface area contributed by atoms with E-state index in [-0.39, 0.29) is 0 Å². The van der Waals surface area contributed by atoms with Gasteiger partial charge in [0.15, 0.2) is 34.9 Å². The van der Waals surface area contributed by atoms with Crippen LogP contribution in [-0.4, -0.2) is 75.3 Å². The Balaban J connectivity index is 0.000000125. The van der Waals surface area contributed by atoms with E-state index in [4.69, 9.17) is 34.9 Å². The Kier molecular flexibility index (Phi) is 18.3. The number of para-hydroxylation sites is 4. The van der Waals surface area contributed by atoms with Gasteiger partial charge >= 0.3 is 7.12 Å². The number of fused-ring (bicyclic) bond motifs is 12. The molecule has 8 heterocycles. The lowest BCUT2D eigenvalue weighted by atomic mass is 9.80. The van der Waals surface area contributed by atoms with Crippen molar-refractivity contribution in [3.05, 3.63) is 393 Å².